The molecule has 0 bridgehead atoms. The number of benzene rings is 1. The summed E-state index contributed by atoms with van der Waals surface area (Å²) in [5.41, 5.74) is 2.43. The van der Waals surface area contributed by atoms with E-state index in [1.807, 2.05) is 6.07 Å². The third kappa shape index (κ3) is 1.18. The van der Waals surface area contributed by atoms with Crippen LogP contribution in [-0.2, 0) is 11.5 Å². The Balaban J connectivity index is 2.39. The summed E-state index contributed by atoms with van der Waals surface area (Å²) in [6.45, 7) is 4.91. The Morgan fingerprint density at radius 1 is 1.33 bits per heavy atom. The molecule has 0 saturated heterocycles. The topological polar surface area (TPSA) is 18.5 Å². The van der Waals surface area contributed by atoms with Crippen molar-refractivity contribution in [3.63, 3.8) is 0 Å². The fourth-order valence-corrected chi connectivity index (χ4v) is 1.28. The van der Waals surface area contributed by atoms with Crippen LogP contribution in [0.2, 0.25) is 0 Å². The van der Waals surface area contributed by atoms with Gasteiger partial charge in [-0.2, -0.15) is 4.89 Å². The Labute approximate surface area is 72.0 Å². The van der Waals surface area contributed by atoms with E-state index in [2.05, 4.69) is 26.0 Å². The second kappa shape index (κ2) is 2.79. The number of fused-ring (bicyclic) bond motifs is 1. The van der Waals surface area contributed by atoms with E-state index in [-0.39, 0.29) is 0 Å². The van der Waals surface area contributed by atoms with Crippen LogP contribution in [0.15, 0.2) is 18.2 Å². The second-order valence-corrected chi connectivity index (χ2v) is 3.37. The smallest absolute Gasteiger partial charge is 0.171 e. The Morgan fingerprint density at radius 2 is 2.17 bits per heavy atom. The van der Waals surface area contributed by atoms with Crippen molar-refractivity contribution in [3.8, 4) is 5.75 Å². The molecule has 0 fully saturated rings. The van der Waals surface area contributed by atoms with Gasteiger partial charge in [-0.15, -0.1) is 0 Å². The zero-order chi connectivity index (χ0) is 8.55. The zero-order valence-electron chi connectivity index (χ0n) is 7.33. The lowest BCUT2D eigenvalue weighted by atomic mass is 10.0. The first-order chi connectivity index (χ1) is 5.77. The molecule has 0 radical (unpaired) electrons. The number of hydrogen-bond donors (Lipinski definition) is 0. The summed E-state index contributed by atoms with van der Waals surface area (Å²) in [6, 6.07) is 6.24. The highest BCUT2D eigenvalue weighted by atomic mass is 17.2. The van der Waals surface area contributed by atoms with Gasteiger partial charge in [-0.05, 0) is 17.5 Å². The van der Waals surface area contributed by atoms with Crippen molar-refractivity contribution in [2.45, 2.75) is 26.4 Å². The van der Waals surface area contributed by atoms with Crippen LogP contribution in [0.4, 0.5) is 0 Å². The van der Waals surface area contributed by atoms with Crippen molar-refractivity contribution in [1.29, 1.82) is 0 Å². The summed E-state index contributed by atoms with van der Waals surface area (Å²) in [4.78, 5) is 9.84. The molecule has 0 amide bonds. The molecule has 0 aliphatic carbocycles. The molecule has 2 heteroatoms. The van der Waals surface area contributed by atoms with E-state index in [9.17, 15) is 0 Å². The van der Waals surface area contributed by atoms with Crippen molar-refractivity contribution in [3.05, 3.63) is 29.3 Å². The van der Waals surface area contributed by atoms with Gasteiger partial charge in [0.05, 0.1) is 0 Å². The highest BCUT2D eigenvalue weighted by molar-refractivity contribution is 5.39. The third-order valence-electron chi connectivity index (χ3n) is 2.12. The molecule has 0 saturated carbocycles. The lowest BCUT2D eigenvalue weighted by molar-refractivity contribution is -0.194. The van der Waals surface area contributed by atoms with Gasteiger partial charge in [-0.3, -0.25) is 0 Å². The number of hydrogen-bond acceptors (Lipinski definition) is 2. The molecule has 0 unspecified atom stereocenters. The van der Waals surface area contributed by atoms with E-state index in [4.69, 9.17) is 9.78 Å². The summed E-state index contributed by atoms with van der Waals surface area (Å²) in [5.74, 6) is 1.42. The van der Waals surface area contributed by atoms with Crippen LogP contribution < -0.4 is 4.89 Å². The van der Waals surface area contributed by atoms with Gasteiger partial charge in [0.25, 0.3) is 0 Å². The summed E-state index contributed by atoms with van der Waals surface area (Å²) >= 11 is 0. The first-order valence-electron chi connectivity index (χ1n) is 4.19. The fraction of sp³-hybridized carbons (Fsp3) is 0.400. The Hall–Kier alpha value is -1.02. The first-order valence-corrected chi connectivity index (χ1v) is 4.19. The monoisotopic (exact) mass is 164 g/mol. The molecule has 1 aliphatic rings. The Bertz CT molecular complexity index is 292. The number of rotatable bonds is 1. The van der Waals surface area contributed by atoms with Gasteiger partial charge >= 0.3 is 0 Å². The van der Waals surface area contributed by atoms with Crippen molar-refractivity contribution in [2.75, 3.05) is 0 Å². The van der Waals surface area contributed by atoms with Gasteiger partial charge in [-0.25, -0.2) is 0 Å². The summed E-state index contributed by atoms with van der Waals surface area (Å²) < 4.78 is 0. The molecule has 0 spiro atoms. The summed E-state index contributed by atoms with van der Waals surface area (Å²) in [5, 5.41) is 0. The first kappa shape index (κ1) is 7.62. The van der Waals surface area contributed by atoms with Crippen LogP contribution in [0, 0.1) is 0 Å². The normalized spacial score (nSPS) is 14.6. The minimum absolute atomic E-state index is 0.541. The van der Waals surface area contributed by atoms with Crippen LogP contribution in [-0.4, -0.2) is 0 Å². The lowest BCUT2D eigenvalue weighted by Gasteiger charge is -2.05. The minimum atomic E-state index is 0.541. The van der Waals surface area contributed by atoms with Crippen molar-refractivity contribution in [1.82, 2.24) is 0 Å². The van der Waals surface area contributed by atoms with E-state index in [0.29, 0.717) is 12.5 Å². The van der Waals surface area contributed by atoms with Gasteiger partial charge in [-0.1, -0.05) is 26.0 Å². The summed E-state index contributed by atoms with van der Waals surface area (Å²) in [7, 11) is 0. The molecule has 0 aromatic heterocycles. The maximum atomic E-state index is 4.99. The standard InChI is InChI=1S/C10H12O2/c1-7(2)8-3-4-9-6-11-12-10(9)5-8/h3-5,7H,6H2,1-2H3. The van der Waals surface area contributed by atoms with Gasteiger partial charge < -0.3 is 4.89 Å². The van der Waals surface area contributed by atoms with Crippen LogP contribution in [0.1, 0.15) is 30.9 Å². The predicted octanol–water partition coefficient (Wildman–Crippen LogP) is 2.63. The molecule has 0 atom stereocenters. The fourth-order valence-electron chi connectivity index (χ4n) is 1.28. The van der Waals surface area contributed by atoms with E-state index in [0.717, 1.165) is 11.3 Å². The molecular formula is C10H12O2. The molecular weight excluding hydrogens is 152 g/mol. The molecule has 1 heterocycles. The van der Waals surface area contributed by atoms with Crippen LogP contribution in [0.5, 0.6) is 5.75 Å². The Morgan fingerprint density at radius 3 is 2.92 bits per heavy atom. The van der Waals surface area contributed by atoms with Gasteiger partial charge in [0.2, 0.25) is 0 Å². The van der Waals surface area contributed by atoms with Gasteiger partial charge in [0, 0.05) is 5.56 Å². The maximum Gasteiger partial charge on any atom is 0.171 e. The highest BCUT2D eigenvalue weighted by Crippen LogP contribution is 2.29. The van der Waals surface area contributed by atoms with Crippen molar-refractivity contribution in [2.24, 2.45) is 0 Å². The molecule has 1 aromatic rings. The largest absolute Gasteiger partial charge is 0.337 e. The van der Waals surface area contributed by atoms with E-state index < -0.39 is 0 Å². The molecule has 0 N–H and O–H groups in total. The average Bonchev–Trinajstić information content (AvgIpc) is 2.49. The zero-order valence-corrected chi connectivity index (χ0v) is 7.33. The molecule has 12 heavy (non-hydrogen) atoms. The van der Waals surface area contributed by atoms with Crippen molar-refractivity contribution < 1.29 is 9.78 Å². The second-order valence-electron chi connectivity index (χ2n) is 3.37. The highest BCUT2D eigenvalue weighted by Gasteiger charge is 2.14. The van der Waals surface area contributed by atoms with Crippen LogP contribution in [0.25, 0.3) is 0 Å². The lowest BCUT2D eigenvalue weighted by Crippen LogP contribution is -1.88. The predicted molar refractivity (Wildman–Crippen MR) is 45.9 cm³/mol. The quantitative estimate of drug-likeness (QED) is 0.594. The van der Waals surface area contributed by atoms with Gasteiger partial charge in [0.1, 0.15) is 6.61 Å². The molecule has 1 aliphatic heterocycles. The molecule has 1 aromatic carbocycles. The van der Waals surface area contributed by atoms with Crippen molar-refractivity contribution >= 4 is 0 Å². The van der Waals surface area contributed by atoms with Crippen LogP contribution in [0.3, 0.4) is 0 Å². The van der Waals surface area contributed by atoms with Gasteiger partial charge in [0.15, 0.2) is 5.75 Å². The van der Waals surface area contributed by atoms with Crippen LogP contribution >= 0.6 is 0 Å². The molecule has 2 nitrogen and oxygen atoms in total. The Kier molecular flexibility index (Phi) is 1.77. The van der Waals surface area contributed by atoms with E-state index in [1.54, 1.807) is 0 Å². The molecule has 2 rings (SSSR count). The third-order valence-corrected chi connectivity index (χ3v) is 2.12. The minimum Gasteiger partial charge on any atom is -0.337 e. The van der Waals surface area contributed by atoms with E-state index >= 15 is 0 Å². The summed E-state index contributed by atoms with van der Waals surface area (Å²) in [6.07, 6.45) is 0. The van der Waals surface area contributed by atoms with E-state index in [1.165, 1.54) is 5.56 Å². The SMILES string of the molecule is CC(C)c1ccc2c(c1)OOC2. The average molecular weight is 164 g/mol. The molecule has 64 valence electrons. The maximum absolute atomic E-state index is 4.99.